The van der Waals surface area contributed by atoms with Crippen LogP contribution in [-0.4, -0.2) is 14.2 Å². The molecule has 1 saturated carbocycles. The molecule has 0 heterocycles. The summed E-state index contributed by atoms with van der Waals surface area (Å²) in [6.07, 6.45) is 2.65. The van der Waals surface area contributed by atoms with Crippen LogP contribution in [0, 0.1) is 0 Å². The third-order valence-corrected chi connectivity index (χ3v) is 3.94. The standard InChI is InChI=1S/C18H21NO2/c1-20-17-10-9-15(11-18(17)21-2)19-12-14-5-3-4-6-16(14)13-7-8-13/h3-6,9-11,13,19H,7-8,12H2,1-2H3. The van der Waals surface area contributed by atoms with Crippen LogP contribution in [0.25, 0.3) is 0 Å². The summed E-state index contributed by atoms with van der Waals surface area (Å²) in [4.78, 5) is 0. The van der Waals surface area contributed by atoms with E-state index in [1.165, 1.54) is 24.0 Å². The molecule has 0 spiro atoms. The molecule has 21 heavy (non-hydrogen) atoms. The third kappa shape index (κ3) is 3.13. The lowest BCUT2D eigenvalue weighted by Crippen LogP contribution is -2.03. The minimum atomic E-state index is 0.748. The van der Waals surface area contributed by atoms with E-state index in [1.54, 1.807) is 14.2 Å². The molecule has 3 heteroatoms. The van der Waals surface area contributed by atoms with Gasteiger partial charge in [0.05, 0.1) is 14.2 Å². The predicted octanol–water partition coefficient (Wildman–Crippen LogP) is 4.19. The fourth-order valence-corrected chi connectivity index (χ4v) is 2.63. The first-order chi connectivity index (χ1) is 10.3. The van der Waals surface area contributed by atoms with Crippen LogP contribution in [0.15, 0.2) is 42.5 Å². The summed E-state index contributed by atoms with van der Waals surface area (Å²) in [6, 6.07) is 14.6. The Morgan fingerprint density at radius 3 is 2.48 bits per heavy atom. The first-order valence-electron chi connectivity index (χ1n) is 7.35. The van der Waals surface area contributed by atoms with Gasteiger partial charge in [-0.2, -0.15) is 0 Å². The molecule has 1 aliphatic carbocycles. The lowest BCUT2D eigenvalue weighted by molar-refractivity contribution is 0.355. The van der Waals surface area contributed by atoms with Crippen LogP contribution in [0.2, 0.25) is 0 Å². The van der Waals surface area contributed by atoms with Gasteiger partial charge in [-0.1, -0.05) is 24.3 Å². The zero-order valence-electron chi connectivity index (χ0n) is 12.6. The second kappa shape index (κ2) is 6.08. The first-order valence-corrected chi connectivity index (χ1v) is 7.35. The fourth-order valence-electron chi connectivity index (χ4n) is 2.63. The molecule has 3 rings (SSSR count). The number of benzene rings is 2. The summed E-state index contributed by atoms with van der Waals surface area (Å²) in [5, 5.41) is 3.47. The van der Waals surface area contributed by atoms with Gasteiger partial charge in [0.2, 0.25) is 0 Å². The van der Waals surface area contributed by atoms with Gasteiger partial charge in [0.25, 0.3) is 0 Å². The number of anilines is 1. The zero-order chi connectivity index (χ0) is 14.7. The first kappa shape index (κ1) is 13.8. The SMILES string of the molecule is COc1ccc(NCc2ccccc2C2CC2)cc1OC. The summed E-state index contributed by atoms with van der Waals surface area (Å²) in [5.41, 5.74) is 3.92. The molecule has 110 valence electrons. The minimum Gasteiger partial charge on any atom is -0.493 e. The van der Waals surface area contributed by atoms with Gasteiger partial charge in [-0.25, -0.2) is 0 Å². The lowest BCUT2D eigenvalue weighted by atomic mass is 10.0. The van der Waals surface area contributed by atoms with E-state index in [2.05, 4.69) is 29.6 Å². The Bertz CT molecular complexity index is 620. The molecular formula is C18H21NO2. The molecule has 0 aliphatic heterocycles. The molecule has 1 aliphatic rings. The van der Waals surface area contributed by atoms with Crippen LogP contribution in [0.1, 0.15) is 29.9 Å². The average molecular weight is 283 g/mol. The zero-order valence-corrected chi connectivity index (χ0v) is 12.6. The monoisotopic (exact) mass is 283 g/mol. The quantitative estimate of drug-likeness (QED) is 0.862. The summed E-state index contributed by atoms with van der Waals surface area (Å²) in [6.45, 7) is 0.835. The molecule has 0 radical (unpaired) electrons. The van der Waals surface area contributed by atoms with E-state index in [0.717, 1.165) is 29.6 Å². The van der Waals surface area contributed by atoms with Gasteiger partial charge in [0, 0.05) is 18.3 Å². The molecule has 2 aromatic carbocycles. The van der Waals surface area contributed by atoms with Gasteiger partial charge in [-0.15, -0.1) is 0 Å². The number of rotatable bonds is 6. The Labute approximate surface area is 125 Å². The van der Waals surface area contributed by atoms with E-state index >= 15 is 0 Å². The molecule has 2 aromatic rings. The molecule has 3 nitrogen and oxygen atoms in total. The van der Waals surface area contributed by atoms with Crippen molar-refractivity contribution in [1.82, 2.24) is 0 Å². The summed E-state index contributed by atoms with van der Waals surface area (Å²) in [5.74, 6) is 2.27. The van der Waals surface area contributed by atoms with Crippen LogP contribution in [-0.2, 0) is 6.54 Å². The summed E-state index contributed by atoms with van der Waals surface area (Å²) in [7, 11) is 3.31. The van der Waals surface area contributed by atoms with Crippen LogP contribution < -0.4 is 14.8 Å². The predicted molar refractivity (Wildman–Crippen MR) is 85.3 cm³/mol. The minimum absolute atomic E-state index is 0.748. The molecule has 0 atom stereocenters. The van der Waals surface area contributed by atoms with Gasteiger partial charge >= 0.3 is 0 Å². The lowest BCUT2D eigenvalue weighted by Gasteiger charge is -2.13. The van der Waals surface area contributed by atoms with Crippen LogP contribution in [0.3, 0.4) is 0 Å². The largest absolute Gasteiger partial charge is 0.493 e. The highest BCUT2D eigenvalue weighted by molar-refractivity contribution is 5.55. The van der Waals surface area contributed by atoms with Crippen molar-refractivity contribution in [3.8, 4) is 11.5 Å². The maximum Gasteiger partial charge on any atom is 0.162 e. The highest BCUT2D eigenvalue weighted by Crippen LogP contribution is 2.41. The van der Waals surface area contributed by atoms with Crippen molar-refractivity contribution in [1.29, 1.82) is 0 Å². The van der Waals surface area contributed by atoms with Crippen molar-refractivity contribution in [2.75, 3.05) is 19.5 Å². The van der Waals surface area contributed by atoms with E-state index in [-0.39, 0.29) is 0 Å². The molecule has 1 N–H and O–H groups in total. The Kier molecular flexibility index (Phi) is 4.00. The Hall–Kier alpha value is -2.16. The van der Waals surface area contributed by atoms with E-state index in [1.807, 2.05) is 18.2 Å². The third-order valence-electron chi connectivity index (χ3n) is 3.94. The van der Waals surface area contributed by atoms with Crippen molar-refractivity contribution in [3.05, 3.63) is 53.6 Å². The van der Waals surface area contributed by atoms with Crippen LogP contribution in [0.4, 0.5) is 5.69 Å². The molecule has 1 fully saturated rings. The van der Waals surface area contributed by atoms with Gasteiger partial charge in [-0.3, -0.25) is 0 Å². The Balaban J connectivity index is 1.73. The van der Waals surface area contributed by atoms with E-state index < -0.39 is 0 Å². The topological polar surface area (TPSA) is 30.5 Å². The van der Waals surface area contributed by atoms with Crippen LogP contribution >= 0.6 is 0 Å². The number of hydrogen-bond donors (Lipinski definition) is 1. The van der Waals surface area contributed by atoms with Crippen molar-refractivity contribution < 1.29 is 9.47 Å². The van der Waals surface area contributed by atoms with E-state index in [9.17, 15) is 0 Å². The molecule has 0 saturated heterocycles. The number of hydrogen-bond acceptors (Lipinski definition) is 3. The number of nitrogens with one attached hydrogen (secondary N) is 1. The maximum absolute atomic E-state index is 5.34. The van der Waals surface area contributed by atoms with Crippen molar-refractivity contribution >= 4 is 5.69 Å². The molecule has 0 bridgehead atoms. The fraction of sp³-hybridized carbons (Fsp3) is 0.333. The van der Waals surface area contributed by atoms with Crippen molar-refractivity contribution in [3.63, 3.8) is 0 Å². The van der Waals surface area contributed by atoms with Gasteiger partial charge < -0.3 is 14.8 Å². The Morgan fingerprint density at radius 2 is 1.76 bits per heavy atom. The second-order valence-corrected chi connectivity index (χ2v) is 5.40. The average Bonchev–Trinajstić information content (AvgIpc) is 3.37. The van der Waals surface area contributed by atoms with Crippen molar-refractivity contribution in [2.45, 2.75) is 25.3 Å². The Morgan fingerprint density at radius 1 is 1.00 bits per heavy atom. The molecule has 0 amide bonds. The van der Waals surface area contributed by atoms with E-state index in [0.29, 0.717) is 0 Å². The highest BCUT2D eigenvalue weighted by Gasteiger charge is 2.25. The molecular weight excluding hydrogens is 262 g/mol. The molecule has 0 aromatic heterocycles. The molecule has 0 unspecified atom stereocenters. The normalized spacial score (nSPS) is 13.8. The highest BCUT2D eigenvalue weighted by atomic mass is 16.5. The second-order valence-electron chi connectivity index (χ2n) is 5.40. The summed E-state index contributed by atoms with van der Waals surface area (Å²) < 4.78 is 10.6. The number of methoxy groups -OCH3 is 2. The van der Waals surface area contributed by atoms with Gasteiger partial charge in [0.15, 0.2) is 11.5 Å². The smallest absolute Gasteiger partial charge is 0.162 e. The van der Waals surface area contributed by atoms with Crippen molar-refractivity contribution in [2.24, 2.45) is 0 Å². The van der Waals surface area contributed by atoms with Gasteiger partial charge in [0.1, 0.15) is 0 Å². The maximum atomic E-state index is 5.34. The van der Waals surface area contributed by atoms with Gasteiger partial charge in [-0.05, 0) is 42.0 Å². The van der Waals surface area contributed by atoms with Crippen LogP contribution in [0.5, 0.6) is 11.5 Å². The summed E-state index contributed by atoms with van der Waals surface area (Å²) >= 11 is 0. The number of ether oxygens (including phenoxy) is 2. The van der Waals surface area contributed by atoms with E-state index in [4.69, 9.17) is 9.47 Å².